The van der Waals surface area contributed by atoms with E-state index in [9.17, 15) is 5.26 Å². The van der Waals surface area contributed by atoms with Gasteiger partial charge in [0.15, 0.2) is 11.9 Å². The Morgan fingerprint density at radius 2 is 1.66 bits per heavy atom. The van der Waals surface area contributed by atoms with Crippen molar-refractivity contribution < 1.29 is 4.57 Å². The number of hydrogen-bond acceptors (Lipinski definition) is 3. The third-order valence-electron chi connectivity index (χ3n) is 5.82. The maximum atomic E-state index is 9.75. The predicted octanol–water partition coefficient (Wildman–Crippen LogP) is 5.16. The van der Waals surface area contributed by atoms with Crippen LogP contribution in [0, 0.1) is 25.2 Å². The summed E-state index contributed by atoms with van der Waals surface area (Å²) in [5.41, 5.74) is 7.52. The van der Waals surface area contributed by atoms with Crippen molar-refractivity contribution in [1.29, 1.82) is 5.26 Å². The van der Waals surface area contributed by atoms with Crippen molar-refractivity contribution in [3.05, 3.63) is 77.6 Å². The molecule has 0 saturated heterocycles. The molecular formula is C25H27N4+. The molecule has 0 N–H and O–H groups in total. The summed E-state index contributed by atoms with van der Waals surface area (Å²) < 4.78 is 2.16. The van der Waals surface area contributed by atoms with Crippen molar-refractivity contribution in [2.24, 2.45) is 0 Å². The van der Waals surface area contributed by atoms with Gasteiger partial charge in [0, 0.05) is 36.7 Å². The van der Waals surface area contributed by atoms with Gasteiger partial charge in [0.2, 0.25) is 5.69 Å². The van der Waals surface area contributed by atoms with Crippen LogP contribution in [0.4, 0.5) is 17.1 Å². The second kappa shape index (κ2) is 7.25. The highest BCUT2D eigenvalue weighted by atomic mass is 15.4. The maximum absolute atomic E-state index is 9.75. The van der Waals surface area contributed by atoms with E-state index in [4.69, 9.17) is 0 Å². The molecular weight excluding hydrogens is 356 g/mol. The number of anilines is 3. The zero-order valence-electron chi connectivity index (χ0n) is 17.7. The molecule has 4 heteroatoms. The Bertz CT molecular complexity index is 1110. The van der Waals surface area contributed by atoms with Gasteiger partial charge in [-0.3, -0.25) is 0 Å². The number of fused-ring (bicyclic) bond motifs is 1. The van der Waals surface area contributed by atoms with E-state index in [-0.39, 0.29) is 6.17 Å². The highest BCUT2D eigenvalue weighted by Gasteiger charge is 2.36. The molecule has 3 aromatic rings. The number of para-hydroxylation sites is 2. The summed E-state index contributed by atoms with van der Waals surface area (Å²) in [5.74, 6) is 0. The van der Waals surface area contributed by atoms with Crippen LogP contribution in [0.15, 0.2) is 60.8 Å². The number of hydrogen-bond donors (Lipinski definition) is 0. The third-order valence-corrected chi connectivity index (χ3v) is 5.82. The van der Waals surface area contributed by atoms with E-state index in [1.807, 2.05) is 24.3 Å². The Labute approximate surface area is 173 Å². The van der Waals surface area contributed by atoms with Gasteiger partial charge in [-0.25, -0.2) is 0 Å². The molecule has 0 spiro atoms. The van der Waals surface area contributed by atoms with Crippen LogP contribution in [0.5, 0.6) is 0 Å². The maximum Gasteiger partial charge on any atom is 0.217 e. The van der Waals surface area contributed by atoms with Crippen molar-refractivity contribution >= 4 is 17.1 Å². The van der Waals surface area contributed by atoms with Crippen molar-refractivity contribution in [1.82, 2.24) is 0 Å². The molecule has 2 aromatic carbocycles. The number of rotatable bonds is 3. The van der Waals surface area contributed by atoms with Crippen LogP contribution in [-0.4, -0.2) is 12.2 Å². The standard InChI is InChI=1S/C25H27N4/c1-17(2)28-20(5)29(23-12-7-6-11-22(23)28)25-15-21(16-26)14-24(19(25)4)27-13-9-8-10-18(27)3/h6-15,17,20H,1-5H3/q+1/t20-/m1/s1. The fourth-order valence-corrected chi connectivity index (χ4v) is 4.50. The summed E-state index contributed by atoms with van der Waals surface area (Å²) in [6.45, 7) is 10.9. The summed E-state index contributed by atoms with van der Waals surface area (Å²) in [6, 6.07) is 21.4. The molecule has 2 heterocycles. The van der Waals surface area contributed by atoms with Crippen LogP contribution in [0.25, 0.3) is 5.69 Å². The Morgan fingerprint density at radius 1 is 0.966 bits per heavy atom. The molecule has 1 aliphatic heterocycles. The minimum Gasteiger partial charge on any atom is -0.347 e. The second-order valence-corrected chi connectivity index (χ2v) is 7.95. The largest absolute Gasteiger partial charge is 0.347 e. The molecule has 146 valence electrons. The summed E-state index contributed by atoms with van der Waals surface area (Å²) >= 11 is 0. The molecule has 0 radical (unpaired) electrons. The van der Waals surface area contributed by atoms with Gasteiger partial charge in [-0.05, 0) is 45.9 Å². The highest BCUT2D eigenvalue weighted by Crippen LogP contribution is 2.46. The Morgan fingerprint density at radius 3 is 2.31 bits per heavy atom. The van der Waals surface area contributed by atoms with E-state index in [0.29, 0.717) is 11.6 Å². The molecule has 1 aliphatic rings. The van der Waals surface area contributed by atoms with Crippen LogP contribution in [0.1, 0.15) is 37.6 Å². The number of nitriles is 1. The van der Waals surface area contributed by atoms with Gasteiger partial charge in [-0.2, -0.15) is 9.83 Å². The van der Waals surface area contributed by atoms with Gasteiger partial charge >= 0.3 is 0 Å². The molecule has 1 atom stereocenters. The number of aromatic nitrogens is 1. The minimum atomic E-state index is 0.162. The van der Waals surface area contributed by atoms with Crippen LogP contribution in [0.3, 0.4) is 0 Å². The van der Waals surface area contributed by atoms with Gasteiger partial charge in [-0.15, -0.1) is 0 Å². The van der Waals surface area contributed by atoms with Crippen LogP contribution >= 0.6 is 0 Å². The Hall–Kier alpha value is -3.32. The monoisotopic (exact) mass is 383 g/mol. The van der Waals surface area contributed by atoms with E-state index in [0.717, 1.165) is 22.6 Å². The summed E-state index contributed by atoms with van der Waals surface area (Å²) in [4.78, 5) is 4.81. The normalized spacial score (nSPS) is 15.6. The first-order valence-corrected chi connectivity index (χ1v) is 10.1. The van der Waals surface area contributed by atoms with Gasteiger partial charge < -0.3 is 9.80 Å². The first-order valence-electron chi connectivity index (χ1n) is 10.1. The zero-order chi connectivity index (χ0) is 20.7. The number of pyridine rings is 1. The topological polar surface area (TPSA) is 34.1 Å². The lowest BCUT2D eigenvalue weighted by atomic mass is 10.0. The van der Waals surface area contributed by atoms with Gasteiger partial charge in [0.25, 0.3) is 0 Å². The average molecular weight is 384 g/mol. The van der Waals surface area contributed by atoms with E-state index < -0.39 is 0 Å². The zero-order valence-corrected chi connectivity index (χ0v) is 17.7. The lowest BCUT2D eigenvalue weighted by Crippen LogP contribution is -2.43. The van der Waals surface area contributed by atoms with Gasteiger partial charge in [-0.1, -0.05) is 18.2 Å². The molecule has 0 aliphatic carbocycles. The fraction of sp³-hybridized carbons (Fsp3) is 0.280. The van der Waals surface area contributed by atoms with E-state index >= 15 is 0 Å². The molecule has 29 heavy (non-hydrogen) atoms. The van der Waals surface area contributed by atoms with Crippen LogP contribution in [-0.2, 0) is 0 Å². The average Bonchev–Trinajstić information content (AvgIpc) is 3.01. The number of aryl methyl sites for hydroxylation is 1. The first-order chi connectivity index (χ1) is 13.9. The molecule has 0 bridgehead atoms. The quantitative estimate of drug-likeness (QED) is 0.586. The van der Waals surface area contributed by atoms with E-state index in [1.165, 1.54) is 11.4 Å². The lowest BCUT2D eigenvalue weighted by molar-refractivity contribution is -0.603. The summed E-state index contributed by atoms with van der Waals surface area (Å²) in [5, 5.41) is 9.75. The SMILES string of the molecule is Cc1c(N2c3ccccc3N(C(C)C)[C@H]2C)cc(C#N)cc1-[n+]1ccccc1C. The van der Waals surface area contributed by atoms with Gasteiger partial charge in [0.1, 0.15) is 6.17 Å². The molecule has 0 unspecified atom stereocenters. The minimum absolute atomic E-state index is 0.162. The lowest BCUT2D eigenvalue weighted by Gasteiger charge is -2.33. The molecule has 0 fully saturated rings. The number of benzene rings is 2. The summed E-state index contributed by atoms with van der Waals surface area (Å²) in [7, 11) is 0. The van der Waals surface area contributed by atoms with Crippen LogP contribution < -0.4 is 14.4 Å². The number of nitrogens with zero attached hydrogens (tertiary/aromatic N) is 4. The molecule has 4 nitrogen and oxygen atoms in total. The molecule has 0 saturated carbocycles. The molecule has 0 amide bonds. The van der Waals surface area contributed by atoms with Crippen molar-refractivity contribution in [2.75, 3.05) is 9.80 Å². The predicted molar refractivity (Wildman–Crippen MR) is 118 cm³/mol. The second-order valence-electron chi connectivity index (χ2n) is 7.95. The van der Waals surface area contributed by atoms with Crippen molar-refractivity contribution in [3.63, 3.8) is 0 Å². The third kappa shape index (κ3) is 3.03. The van der Waals surface area contributed by atoms with E-state index in [2.05, 4.69) is 91.6 Å². The smallest absolute Gasteiger partial charge is 0.217 e. The fourth-order valence-electron chi connectivity index (χ4n) is 4.50. The Balaban J connectivity index is 1.96. The van der Waals surface area contributed by atoms with Crippen molar-refractivity contribution in [2.45, 2.75) is 46.8 Å². The van der Waals surface area contributed by atoms with Gasteiger partial charge in [0.05, 0.1) is 28.7 Å². The first kappa shape index (κ1) is 19.0. The highest BCUT2D eigenvalue weighted by molar-refractivity contribution is 5.85. The molecule has 1 aromatic heterocycles. The van der Waals surface area contributed by atoms with E-state index in [1.54, 1.807) is 0 Å². The molecule has 4 rings (SSSR count). The Kier molecular flexibility index (Phi) is 4.76. The van der Waals surface area contributed by atoms with Crippen LogP contribution in [0.2, 0.25) is 0 Å². The summed E-state index contributed by atoms with van der Waals surface area (Å²) in [6.07, 6.45) is 2.22. The van der Waals surface area contributed by atoms with Crippen molar-refractivity contribution in [3.8, 4) is 11.8 Å².